The van der Waals surface area contributed by atoms with E-state index < -0.39 is 33.6 Å². The van der Waals surface area contributed by atoms with Crippen LogP contribution in [0, 0.1) is 15.9 Å². The van der Waals surface area contributed by atoms with Crippen LogP contribution >= 0.6 is 0 Å². The second-order valence-electron chi connectivity index (χ2n) is 4.75. The Hall–Kier alpha value is -2.22. The lowest BCUT2D eigenvalue weighted by Crippen LogP contribution is -2.40. The summed E-state index contributed by atoms with van der Waals surface area (Å²) < 4.78 is 13.7. The van der Waals surface area contributed by atoms with Gasteiger partial charge in [0, 0.05) is 18.7 Å². The number of nitro groups is 1. The van der Waals surface area contributed by atoms with Crippen molar-refractivity contribution in [3.63, 3.8) is 0 Å². The maximum atomic E-state index is 13.7. The van der Waals surface area contributed by atoms with Gasteiger partial charge < -0.3 is 16.0 Å². The Kier molecular flexibility index (Phi) is 4.98. The van der Waals surface area contributed by atoms with E-state index in [0.717, 1.165) is 12.1 Å². The minimum Gasteiger partial charge on any atom is -0.392 e. The van der Waals surface area contributed by atoms with Gasteiger partial charge in [0.2, 0.25) is 0 Å². The lowest BCUT2D eigenvalue weighted by molar-refractivity contribution is -0.384. The minimum absolute atomic E-state index is 0.254. The van der Waals surface area contributed by atoms with E-state index in [9.17, 15) is 19.3 Å². The van der Waals surface area contributed by atoms with Crippen LogP contribution in [0.2, 0.25) is 0 Å². The molecule has 3 N–H and O–H groups in total. The molecule has 0 bridgehead atoms. The number of hydrogen-bond donors (Lipinski definition) is 2. The van der Waals surface area contributed by atoms with Crippen LogP contribution in [-0.4, -0.2) is 42.4 Å². The number of nitro benzene ring substituents is 1. The van der Waals surface area contributed by atoms with E-state index in [1.807, 2.05) is 19.0 Å². The van der Waals surface area contributed by atoms with Crippen molar-refractivity contribution in [1.82, 2.24) is 10.2 Å². The maximum Gasteiger partial charge on any atom is 0.293 e. The Morgan fingerprint density at radius 2 is 2.15 bits per heavy atom. The monoisotopic (exact) mass is 284 g/mol. The fraction of sp³-hybridized carbons (Fsp3) is 0.417. The van der Waals surface area contributed by atoms with E-state index in [1.165, 1.54) is 0 Å². The smallest absolute Gasteiger partial charge is 0.293 e. The number of halogens is 1. The summed E-state index contributed by atoms with van der Waals surface area (Å²) in [5, 5.41) is 13.3. The van der Waals surface area contributed by atoms with Crippen molar-refractivity contribution >= 4 is 17.3 Å². The van der Waals surface area contributed by atoms with Gasteiger partial charge in [-0.15, -0.1) is 0 Å². The molecule has 0 aliphatic carbocycles. The molecule has 0 aliphatic heterocycles. The van der Waals surface area contributed by atoms with Crippen LogP contribution in [0.1, 0.15) is 17.3 Å². The lowest BCUT2D eigenvalue weighted by atomic mass is 10.1. The van der Waals surface area contributed by atoms with Crippen LogP contribution < -0.4 is 11.1 Å². The Morgan fingerprint density at radius 1 is 1.55 bits per heavy atom. The molecule has 1 atom stereocenters. The number of carbonyl (C=O) groups excluding carboxylic acids is 1. The zero-order valence-corrected chi connectivity index (χ0v) is 11.5. The molecule has 0 aromatic heterocycles. The molecule has 0 heterocycles. The van der Waals surface area contributed by atoms with E-state index in [2.05, 4.69) is 5.32 Å². The number of rotatable bonds is 5. The molecule has 0 fully saturated rings. The number of benzene rings is 1. The SMILES string of the molecule is CC(CN(C)C)NC(=O)c1c(F)ccc([N+](=O)[O-])c1N. The van der Waals surface area contributed by atoms with Crippen molar-refractivity contribution < 1.29 is 14.1 Å². The minimum atomic E-state index is -0.886. The van der Waals surface area contributed by atoms with Gasteiger partial charge in [-0.25, -0.2) is 4.39 Å². The molecular formula is C12H17FN4O3. The van der Waals surface area contributed by atoms with Crippen molar-refractivity contribution in [2.75, 3.05) is 26.4 Å². The molecule has 20 heavy (non-hydrogen) atoms. The van der Waals surface area contributed by atoms with Crippen LogP contribution in [0.3, 0.4) is 0 Å². The molecule has 0 radical (unpaired) electrons. The molecule has 1 aromatic rings. The highest BCUT2D eigenvalue weighted by atomic mass is 19.1. The van der Waals surface area contributed by atoms with Gasteiger partial charge in [-0.1, -0.05) is 0 Å². The average Bonchev–Trinajstić information content (AvgIpc) is 2.26. The van der Waals surface area contributed by atoms with Crippen LogP contribution in [-0.2, 0) is 0 Å². The Labute approximate surface area is 115 Å². The Balaban J connectivity index is 3.04. The van der Waals surface area contributed by atoms with Crippen molar-refractivity contribution in [2.45, 2.75) is 13.0 Å². The number of nitrogen functional groups attached to an aromatic ring is 1. The number of anilines is 1. The highest BCUT2D eigenvalue weighted by Gasteiger charge is 2.24. The third-order valence-electron chi connectivity index (χ3n) is 2.61. The van der Waals surface area contributed by atoms with Gasteiger partial charge in [-0.05, 0) is 27.1 Å². The van der Waals surface area contributed by atoms with Crippen molar-refractivity contribution in [1.29, 1.82) is 0 Å². The van der Waals surface area contributed by atoms with Crippen LogP contribution in [0.25, 0.3) is 0 Å². The summed E-state index contributed by atoms with van der Waals surface area (Å²) in [4.78, 5) is 23.8. The maximum absolute atomic E-state index is 13.7. The van der Waals surface area contributed by atoms with Crippen molar-refractivity contribution in [3.8, 4) is 0 Å². The van der Waals surface area contributed by atoms with Gasteiger partial charge in [-0.3, -0.25) is 14.9 Å². The molecule has 7 nitrogen and oxygen atoms in total. The van der Waals surface area contributed by atoms with Crippen molar-refractivity contribution in [2.24, 2.45) is 0 Å². The second kappa shape index (κ2) is 6.29. The van der Waals surface area contributed by atoms with Crippen LogP contribution in [0.4, 0.5) is 15.8 Å². The highest BCUT2D eigenvalue weighted by molar-refractivity contribution is 6.01. The first-order valence-electron chi connectivity index (χ1n) is 5.92. The average molecular weight is 284 g/mol. The summed E-state index contributed by atoms with van der Waals surface area (Å²) in [5.41, 5.74) is 4.06. The van der Waals surface area contributed by atoms with Gasteiger partial charge in [-0.2, -0.15) is 0 Å². The van der Waals surface area contributed by atoms with E-state index in [4.69, 9.17) is 5.73 Å². The second-order valence-corrected chi connectivity index (χ2v) is 4.75. The molecule has 110 valence electrons. The fourth-order valence-corrected chi connectivity index (χ4v) is 1.86. The molecule has 0 saturated carbocycles. The van der Waals surface area contributed by atoms with Crippen LogP contribution in [0.15, 0.2) is 12.1 Å². The number of hydrogen-bond acceptors (Lipinski definition) is 5. The number of nitrogens with one attached hydrogen (secondary N) is 1. The molecule has 1 unspecified atom stereocenters. The zero-order chi connectivity index (χ0) is 15.4. The van der Waals surface area contributed by atoms with Crippen LogP contribution in [0.5, 0.6) is 0 Å². The number of nitrogens with zero attached hydrogens (tertiary/aromatic N) is 2. The van der Waals surface area contributed by atoms with E-state index >= 15 is 0 Å². The molecule has 8 heteroatoms. The van der Waals surface area contributed by atoms with Gasteiger partial charge in [0.1, 0.15) is 17.1 Å². The third-order valence-corrected chi connectivity index (χ3v) is 2.61. The van der Waals surface area contributed by atoms with Crippen molar-refractivity contribution in [3.05, 3.63) is 33.6 Å². The lowest BCUT2D eigenvalue weighted by Gasteiger charge is -2.18. The van der Waals surface area contributed by atoms with E-state index in [1.54, 1.807) is 6.92 Å². The predicted octanol–water partition coefficient (Wildman–Crippen LogP) is 0.996. The summed E-state index contributed by atoms with van der Waals surface area (Å²) in [6, 6.07) is 1.54. The van der Waals surface area contributed by atoms with Gasteiger partial charge >= 0.3 is 0 Å². The first kappa shape index (κ1) is 15.8. The largest absolute Gasteiger partial charge is 0.392 e. The molecule has 1 rings (SSSR count). The Morgan fingerprint density at radius 3 is 2.65 bits per heavy atom. The standard InChI is InChI=1S/C12H17FN4O3/c1-7(6-16(2)3)15-12(18)10-8(13)4-5-9(11(10)14)17(19)20/h4-5,7H,6,14H2,1-3H3,(H,15,18). The van der Waals surface area contributed by atoms with Gasteiger partial charge in [0.25, 0.3) is 11.6 Å². The summed E-state index contributed by atoms with van der Waals surface area (Å²) in [6.07, 6.45) is 0. The number of carbonyl (C=O) groups is 1. The number of amides is 1. The molecule has 1 amide bonds. The molecule has 0 aliphatic rings. The first-order valence-corrected chi connectivity index (χ1v) is 5.92. The summed E-state index contributed by atoms with van der Waals surface area (Å²) >= 11 is 0. The third kappa shape index (κ3) is 3.64. The quantitative estimate of drug-likeness (QED) is 0.477. The predicted molar refractivity (Wildman–Crippen MR) is 72.9 cm³/mol. The Bertz CT molecular complexity index is 534. The summed E-state index contributed by atoms with van der Waals surface area (Å²) in [7, 11) is 3.65. The normalized spacial score (nSPS) is 12.2. The summed E-state index contributed by atoms with van der Waals surface area (Å²) in [5.74, 6) is -1.65. The number of likely N-dealkylation sites (N-methyl/N-ethyl adjacent to an activating group) is 1. The molecule has 0 spiro atoms. The molecule has 0 saturated heterocycles. The molecule has 1 aromatic carbocycles. The van der Waals surface area contributed by atoms with E-state index in [0.29, 0.717) is 6.54 Å². The zero-order valence-electron chi connectivity index (χ0n) is 11.5. The molecular weight excluding hydrogens is 267 g/mol. The van der Waals surface area contributed by atoms with E-state index in [-0.39, 0.29) is 6.04 Å². The number of nitrogens with two attached hydrogens (primary N) is 1. The fourth-order valence-electron chi connectivity index (χ4n) is 1.86. The first-order chi connectivity index (χ1) is 9.23. The van der Waals surface area contributed by atoms with Gasteiger partial charge in [0.05, 0.1) is 4.92 Å². The highest BCUT2D eigenvalue weighted by Crippen LogP contribution is 2.27. The van der Waals surface area contributed by atoms with Gasteiger partial charge in [0.15, 0.2) is 0 Å². The topological polar surface area (TPSA) is 102 Å². The summed E-state index contributed by atoms with van der Waals surface area (Å²) in [6.45, 7) is 2.28.